The zero-order chi connectivity index (χ0) is 13.2. The number of aromatic nitrogens is 3. The van der Waals surface area contributed by atoms with Gasteiger partial charge in [-0.15, -0.1) is 16.7 Å². The Kier molecular flexibility index (Phi) is 3.22. The summed E-state index contributed by atoms with van der Waals surface area (Å²) in [6, 6.07) is 14.5. The van der Waals surface area contributed by atoms with Crippen LogP contribution in [0.25, 0.3) is 16.5 Å². The molecule has 1 atom stereocenters. The molecule has 0 radical (unpaired) electrons. The third-order valence-corrected chi connectivity index (χ3v) is 3.72. The first-order valence-electron chi connectivity index (χ1n) is 6.33. The van der Waals surface area contributed by atoms with Crippen molar-refractivity contribution < 1.29 is 0 Å². The van der Waals surface area contributed by atoms with Gasteiger partial charge in [0.1, 0.15) is 5.69 Å². The number of hydrogen-bond acceptors (Lipinski definition) is 2. The topological polar surface area (TPSA) is 30.7 Å². The third kappa shape index (κ3) is 2.34. The van der Waals surface area contributed by atoms with Crippen molar-refractivity contribution in [3.8, 4) is 5.69 Å². The summed E-state index contributed by atoms with van der Waals surface area (Å²) in [5, 5.41) is 10.6. The van der Waals surface area contributed by atoms with Gasteiger partial charge >= 0.3 is 0 Å². The van der Waals surface area contributed by atoms with E-state index in [1.54, 1.807) is 4.68 Å². The van der Waals surface area contributed by atoms with Gasteiger partial charge in [-0.1, -0.05) is 42.5 Å². The zero-order valence-corrected chi connectivity index (χ0v) is 11.4. The maximum atomic E-state index is 6.17. The van der Waals surface area contributed by atoms with E-state index in [2.05, 4.69) is 34.6 Å². The second kappa shape index (κ2) is 5.02. The summed E-state index contributed by atoms with van der Waals surface area (Å²) < 4.78 is 1.77. The fourth-order valence-electron chi connectivity index (χ4n) is 2.07. The number of fused-ring (bicyclic) bond motifs is 1. The summed E-state index contributed by atoms with van der Waals surface area (Å²) in [6.45, 7) is 2.03. The maximum absolute atomic E-state index is 6.17. The Labute approximate surface area is 116 Å². The fraction of sp³-hybridized carbons (Fsp3) is 0.200. The van der Waals surface area contributed by atoms with Crippen molar-refractivity contribution in [2.75, 3.05) is 0 Å². The lowest BCUT2D eigenvalue weighted by molar-refractivity contribution is 0.786. The van der Waals surface area contributed by atoms with Crippen LogP contribution in [0.4, 0.5) is 0 Å². The van der Waals surface area contributed by atoms with E-state index in [9.17, 15) is 0 Å². The normalized spacial score (nSPS) is 12.7. The molecule has 0 saturated carbocycles. The van der Waals surface area contributed by atoms with Crippen LogP contribution < -0.4 is 0 Å². The summed E-state index contributed by atoms with van der Waals surface area (Å²) in [5.41, 5.74) is 1.81. The Morgan fingerprint density at radius 3 is 2.74 bits per heavy atom. The molecule has 0 fully saturated rings. The second-order valence-electron chi connectivity index (χ2n) is 4.50. The van der Waals surface area contributed by atoms with Gasteiger partial charge in [-0.2, -0.15) is 0 Å². The zero-order valence-electron chi connectivity index (χ0n) is 10.6. The minimum atomic E-state index is -0.0748. The Hall–Kier alpha value is -1.87. The average molecular weight is 272 g/mol. The summed E-state index contributed by atoms with van der Waals surface area (Å²) in [5.74, 6) is 0. The Balaban J connectivity index is 2.01. The molecule has 0 aliphatic heterocycles. The highest BCUT2D eigenvalue weighted by atomic mass is 35.5. The SMILES string of the molecule is CCC(Cl)c1cn(-c2ccc3ccccc3c2)nn1. The van der Waals surface area contributed by atoms with Gasteiger partial charge in [-0.25, -0.2) is 4.68 Å². The average Bonchev–Trinajstić information content (AvgIpc) is 2.95. The number of halogens is 1. The van der Waals surface area contributed by atoms with E-state index in [0.29, 0.717) is 0 Å². The molecule has 19 heavy (non-hydrogen) atoms. The second-order valence-corrected chi connectivity index (χ2v) is 5.02. The van der Waals surface area contributed by atoms with Crippen molar-refractivity contribution in [2.24, 2.45) is 0 Å². The summed E-state index contributed by atoms with van der Waals surface area (Å²) in [6.07, 6.45) is 2.74. The van der Waals surface area contributed by atoms with Crippen LogP contribution in [0, 0.1) is 0 Å². The molecule has 3 nitrogen and oxygen atoms in total. The van der Waals surface area contributed by atoms with Crippen LogP contribution in [0.3, 0.4) is 0 Å². The van der Waals surface area contributed by atoms with Crippen molar-refractivity contribution in [1.82, 2.24) is 15.0 Å². The van der Waals surface area contributed by atoms with Crippen LogP contribution in [-0.4, -0.2) is 15.0 Å². The maximum Gasteiger partial charge on any atom is 0.101 e. The lowest BCUT2D eigenvalue weighted by Crippen LogP contribution is -1.94. The molecular formula is C15H14ClN3. The molecule has 0 aliphatic rings. The van der Waals surface area contributed by atoms with Gasteiger partial charge in [0.15, 0.2) is 0 Å². The molecule has 0 saturated heterocycles. The molecular weight excluding hydrogens is 258 g/mol. The molecule has 0 N–H and O–H groups in total. The van der Waals surface area contributed by atoms with Gasteiger partial charge in [0.05, 0.1) is 17.3 Å². The smallest absolute Gasteiger partial charge is 0.101 e. The lowest BCUT2D eigenvalue weighted by Gasteiger charge is -2.03. The van der Waals surface area contributed by atoms with Crippen molar-refractivity contribution in [3.63, 3.8) is 0 Å². The van der Waals surface area contributed by atoms with Gasteiger partial charge in [-0.05, 0) is 29.3 Å². The van der Waals surface area contributed by atoms with Crippen LogP contribution in [0.5, 0.6) is 0 Å². The van der Waals surface area contributed by atoms with E-state index in [0.717, 1.165) is 17.8 Å². The molecule has 1 aromatic heterocycles. The van der Waals surface area contributed by atoms with Crippen LogP contribution in [0.2, 0.25) is 0 Å². The van der Waals surface area contributed by atoms with E-state index >= 15 is 0 Å². The number of benzene rings is 2. The van der Waals surface area contributed by atoms with E-state index < -0.39 is 0 Å². The lowest BCUT2D eigenvalue weighted by atomic mass is 10.1. The molecule has 3 rings (SSSR count). The van der Waals surface area contributed by atoms with E-state index in [1.807, 2.05) is 31.3 Å². The van der Waals surface area contributed by atoms with Crippen molar-refractivity contribution in [1.29, 1.82) is 0 Å². The standard InChI is InChI=1S/C15H14ClN3/c1-2-14(16)15-10-19(18-17-15)13-8-7-11-5-3-4-6-12(11)9-13/h3-10,14H,2H2,1H3. The minimum absolute atomic E-state index is 0.0748. The Bertz CT molecular complexity index is 705. The van der Waals surface area contributed by atoms with Crippen molar-refractivity contribution in [2.45, 2.75) is 18.7 Å². The molecule has 0 amide bonds. The fourth-order valence-corrected chi connectivity index (χ4v) is 2.17. The van der Waals surface area contributed by atoms with Crippen LogP contribution in [0.1, 0.15) is 24.4 Å². The van der Waals surface area contributed by atoms with Crippen LogP contribution in [0.15, 0.2) is 48.7 Å². The predicted octanol–water partition coefficient (Wildman–Crippen LogP) is 4.11. The van der Waals surface area contributed by atoms with Gasteiger partial charge in [0.2, 0.25) is 0 Å². The van der Waals surface area contributed by atoms with Crippen molar-refractivity contribution >= 4 is 22.4 Å². The van der Waals surface area contributed by atoms with Gasteiger partial charge in [0, 0.05) is 0 Å². The molecule has 96 valence electrons. The number of nitrogens with zero attached hydrogens (tertiary/aromatic N) is 3. The molecule has 3 aromatic rings. The highest BCUT2D eigenvalue weighted by Gasteiger charge is 2.10. The van der Waals surface area contributed by atoms with Crippen LogP contribution in [-0.2, 0) is 0 Å². The molecule has 1 unspecified atom stereocenters. The largest absolute Gasteiger partial charge is 0.220 e. The quantitative estimate of drug-likeness (QED) is 0.671. The molecule has 1 heterocycles. The summed E-state index contributed by atoms with van der Waals surface area (Å²) >= 11 is 6.17. The first kappa shape index (κ1) is 12.2. The highest BCUT2D eigenvalue weighted by molar-refractivity contribution is 6.20. The number of rotatable bonds is 3. The molecule has 4 heteroatoms. The monoisotopic (exact) mass is 271 g/mol. The van der Waals surface area contributed by atoms with Crippen molar-refractivity contribution in [3.05, 3.63) is 54.4 Å². The van der Waals surface area contributed by atoms with Gasteiger partial charge in [0.25, 0.3) is 0 Å². The van der Waals surface area contributed by atoms with E-state index in [4.69, 9.17) is 11.6 Å². The minimum Gasteiger partial charge on any atom is -0.220 e. The first-order valence-corrected chi connectivity index (χ1v) is 6.77. The highest BCUT2D eigenvalue weighted by Crippen LogP contribution is 2.23. The molecule has 0 bridgehead atoms. The molecule has 0 aliphatic carbocycles. The molecule has 2 aromatic carbocycles. The third-order valence-electron chi connectivity index (χ3n) is 3.19. The van der Waals surface area contributed by atoms with Gasteiger partial charge < -0.3 is 0 Å². The predicted molar refractivity (Wildman–Crippen MR) is 77.8 cm³/mol. The summed E-state index contributed by atoms with van der Waals surface area (Å²) in [7, 11) is 0. The van der Waals surface area contributed by atoms with Gasteiger partial charge in [-0.3, -0.25) is 0 Å². The van der Waals surface area contributed by atoms with Crippen LogP contribution >= 0.6 is 11.6 Å². The Morgan fingerprint density at radius 2 is 1.95 bits per heavy atom. The first-order chi connectivity index (χ1) is 9.28. The molecule has 0 spiro atoms. The van der Waals surface area contributed by atoms with E-state index in [1.165, 1.54) is 10.8 Å². The summed E-state index contributed by atoms with van der Waals surface area (Å²) in [4.78, 5) is 0. The number of hydrogen-bond donors (Lipinski definition) is 0. The number of alkyl halides is 1. The Morgan fingerprint density at radius 1 is 1.16 bits per heavy atom. The van der Waals surface area contributed by atoms with E-state index in [-0.39, 0.29) is 5.38 Å².